The molecule has 0 aromatic heterocycles. The van der Waals surface area contributed by atoms with E-state index < -0.39 is 24.9 Å². The molecule has 7 heteroatoms. The van der Waals surface area contributed by atoms with Gasteiger partial charge in [0.15, 0.2) is 0 Å². The van der Waals surface area contributed by atoms with Crippen LogP contribution in [0.4, 0.5) is 8.78 Å². The molecular weight excluding hydrogens is 256 g/mol. The largest absolute Gasteiger partial charge is 0.379 e. The summed E-state index contributed by atoms with van der Waals surface area (Å²) < 4.78 is 31.2. The molecule has 2 rings (SSSR count). The summed E-state index contributed by atoms with van der Waals surface area (Å²) in [5.41, 5.74) is 0. The zero-order valence-electron chi connectivity index (χ0n) is 11.1. The Morgan fingerprint density at radius 2 is 2.21 bits per heavy atom. The second-order valence-electron chi connectivity index (χ2n) is 5.32. The Kier molecular flexibility index (Phi) is 4.70. The summed E-state index contributed by atoms with van der Waals surface area (Å²) in [6.07, 6.45) is -0.414. The number of carbonyl (C=O) groups excluding carboxylic acids is 1. The SMILES string of the molecule is CC(CN1CCOCC1)NC(=O)C1CC(F)(F)CN1. The van der Waals surface area contributed by atoms with Crippen molar-refractivity contribution in [3.8, 4) is 0 Å². The van der Waals surface area contributed by atoms with Crippen molar-refractivity contribution in [1.82, 2.24) is 15.5 Å². The molecule has 0 bridgehead atoms. The van der Waals surface area contributed by atoms with Crippen molar-refractivity contribution >= 4 is 5.91 Å². The van der Waals surface area contributed by atoms with Crippen molar-refractivity contribution in [2.75, 3.05) is 39.4 Å². The highest BCUT2D eigenvalue weighted by Crippen LogP contribution is 2.25. The minimum atomic E-state index is -2.77. The van der Waals surface area contributed by atoms with Gasteiger partial charge in [0.05, 0.1) is 25.8 Å². The molecule has 0 aliphatic carbocycles. The van der Waals surface area contributed by atoms with E-state index in [2.05, 4.69) is 15.5 Å². The Bertz CT molecular complexity index is 322. The lowest BCUT2D eigenvalue weighted by atomic mass is 10.1. The van der Waals surface area contributed by atoms with Crippen LogP contribution in [0.3, 0.4) is 0 Å². The van der Waals surface area contributed by atoms with Gasteiger partial charge in [-0.05, 0) is 6.92 Å². The number of alkyl halides is 2. The van der Waals surface area contributed by atoms with Crippen LogP contribution < -0.4 is 10.6 Å². The predicted octanol–water partition coefficient (Wildman–Crippen LogP) is -0.179. The number of ether oxygens (including phenoxy) is 1. The predicted molar refractivity (Wildman–Crippen MR) is 66.2 cm³/mol. The number of halogens is 2. The minimum Gasteiger partial charge on any atom is -0.379 e. The normalized spacial score (nSPS) is 29.1. The average molecular weight is 277 g/mol. The summed E-state index contributed by atoms with van der Waals surface area (Å²) in [6, 6.07) is -0.830. The lowest BCUT2D eigenvalue weighted by Crippen LogP contribution is -2.49. The molecule has 110 valence electrons. The molecule has 2 heterocycles. The van der Waals surface area contributed by atoms with E-state index >= 15 is 0 Å². The van der Waals surface area contributed by atoms with Crippen molar-refractivity contribution in [3.63, 3.8) is 0 Å². The Morgan fingerprint density at radius 1 is 1.53 bits per heavy atom. The van der Waals surface area contributed by atoms with Crippen molar-refractivity contribution < 1.29 is 18.3 Å². The maximum atomic E-state index is 13.0. The number of nitrogens with one attached hydrogen (secondary N) is 2. The van der Waals surface area contributed by atoms with Gasteiger partial charge in [-0.25, -0.2) is 8.78 Å². The first kappa shape index (κ1) is 14.6. The van der Waals surface area contributed by atoms with Crippen molar-refractivity contribution in [2.24, 2.45) is 0 Å². The van der Waals surface area contributed by atoms with Gasteiger partial charge in [0.2, 0.25) is 5.91 Å². The number of rotatable bonds is 4. The monoisotopic (exact) mass is 277 g/mol. The first-order valence-corrected chi connectivity index (χ1v) is 6.68. The summed E-state index contributed by atoms with van der Waals surface area (Å²) in [6.45, 7) is 5.30. The van der Waals surface area contributed by atoms with Crippen LogP contribution >= 0.6 is 0 Å². The Balaban J connectivity index is 1.72. The van der Waals surface area contributed by atoms with Crippen LogP contribution in [0.2, 0.25) is 0 Å². The van der Waals surface area contributed by atoms with E-state index in [0.717, 1.165) is 19.6 Å². The maximum Gasteiger partial charge on any atom is 0.262 e. The van der Waals surface area contributed by atoms with Crippen molar-refractivity contribution in [2.45, 2.75) is 31.4 Å². The first-order chi connectivity index (χ1) is 8.96. The summed E-state index contributed by atoms with van der Waals surface area (Å²) >= 11 is 0. The quantitative estimate of drug-likeness (QED) is 0.748. The smallest absolute Gasteiger partial charge is 0.262 e. The van der Waals surface area contributed by atoms with Gasteiger partial charge >= 0.3 is 0 Å². The van der Waals surface area contributed by atoms with E-state index in [4.69, 9.17) is 4.74 Å². The third kappa shape index (κ3) is 4.36. The molecule has 0 spiro atoms. The van der Waals surface area contributed by atoms with E-state index in [1.54, 1.807) is 0 Å². The van der Waals surface area contributed by atoms with E-state index in [9.17, 15) is 13.6 Å². The van der Waals surface area contributed by atoms with E-state index in [1.165, 1.54) is 0 Å². The lowest BCUT2D eigenvalue weighted by Gasteiger charge is -2.29. The Labute approximate surface area is 111 Å². The molecule has 0 aromatic rings. The van der Waals surface area contributed by atoms with E-state index in [1.807, 2.05) is 6.92 Å². The third-order valence-electron chi connectivity index (χ3n) is 3.45. The zero-order valence-corrected chi connectivity index (χ0v) is 11.1. The number of nitrogens with zero attached hydrogens (tertiary/aromatic N) is 1. The van der Waals surface area contributed by atoms with Crippen LogP contribution in [-0.4, -0.2) is 68.2 Å². The molecule has 2 atom stereocenters. The van der Waals surface area contributed by atoms with Gasteiger partial charge in [0.25, 0.3) is 5.92 Å². The molecule has 0 radical (unpaired) electrons. The fourth-order valence-electron chi connectivity index (χ4n) is 2.46. The molecule has 2 saturated heterocycles. The summed E-state index contributed by atoms with van der Waals surface area (Å²) in [4.78, 5) is 14.0. The molecule has 0 saturated carbocycles. The number of hydrogen-bond donors (Lipinski definition) is 2. The molecule has 2 fully saturated rings. The third-order valence-corrected chi connectivity index (χ3v) is 3.45. The molecule has 2 aliphatic rings. The number of amides is 1. The van der Waals surface area contributed by atoms with Crippen LogP contribution in [-0.2, 0) is 9.53 Å². The minimum absolute atomic E-state index is 0.0541. The van der Waals surface area contributed by atoms with Crippen LogP contribution in [0.5, 0.6) is 0 Å². The highest BCUT2D eigenvalue weighted by molar-refractivity contribution is 5.82. The Hall–Kier alpha value is -0.790. The highest BCUT2D eigenvalue weighted by Gasteiger charge is 2.42. The molecular formula is C12H21F2N3O2. The second-order valence-corrected chi connectivity index (χ2v) is 5.32. The summed E-state index contributed by atoms with van der Waals surface area (Å²) in [7, 11) is 0. The molecule has 5 nitrogen and oxygen atoms in total. The van der Waals surface area contributed by atoms with Crippen molar-refractivity contribution in [3.05, 3.63) is 0 Å². The topological polar surface area (TPSA) is 53.6 Å². The van der Waals surface area contributed by atoms with Crippen LogP contribution in [0.15, 0.2) is 0 Å². The van der Waals surface area contributed by atoms with Crippen molar-refractivity contribution in [1.29, 1.82) is 0 Å². The van der Waals surface area contributed by atoms with Gasteiger partial charge < -0.3 is 10.1 Å². The Morgan fingerprint density at radius 3 is 2.79 bits per heavy atom. The second kappa shape index (κ2) is 6.11. The number of carbonyl (C=O) groups is 1. The van der Waals surface area contributed by atoms with Gasteiger partial charge in [-0.1, -0.05) is 0 Å². The fourth-order valence-corrected chi connectivity index (χ4v) is 2.46. The van der Waals surface area contributed by atoms with Crippen LogP contribution in [0.1, 0.15) is 13.3 Å². The molecule has 0 aromatic carbocycles. The van der Waals surface area contributed by atoms with Gasteiger partial charge in [-0.2, -0.15) is 0 Å². The number of morpholine rings is 1. The molecule has 2 unspecified atom stereocenters. The van der Waals surface area contributed by atoms with Crippen LogP contribution in [0.25, 0.3) is 0 Å². The summed E-state index contributed by atoms with van der Waals surface area (Å²) in [5, 5.41) is 5.35. The molecule has 2 aliphatic heterocycles. The summed E-state index contributed by atoms with van der Waals surface area (Å²) in [5.74, 6) is -3.10. The maximum absolute atomic E-state index is 13.0. The molecule has 19 heavy (non-hydrogen) atoms. The van der Waals surface area contributed by atoms with Gasteiger partial charge in [0, 0.05) is 32.1 Å². The zero-order chi connectivity index (χ0) is 13.9. The number of hydrogen-bond acceptors (Lipinski definition) is 4. The van der Waals surface area contributed by atoms with E-state index in [-0.39, 0.29) is 11.9 Å². The van der Waals surface area contributed by atoms with Crippen LogP contribution in [0, 0.1) is 0 Å². The fraction of sp³-hybridized carbons (Fsp3) is 0.917. The van der Waals surface area contributed by atoms with Gasteiger partial charge in [0.1, 0.15) is 0 Å². The standard InChI is InChI=1S/C12H21F2N3O2/c1-9(7-17-2-4-19-5-3-17)16-11(18)10-6-12(13,14)8-15-10/h9-10,15H,2-8H2,1H3,(H,16,18). The lowest BCUT2D eigenvalue weighted by molar-refractivity contribution is -0.124. The van der Waals surface area contributed by atoms with Gasteiger partial charge in [-0.3, -0.25) is 15.0 Å². The molecule has 2 N–H and O–H groups in total. The molecule has 1 amide bonds. The first-order valence-electron chi connectivity index (χ1n) is 6.68. The van der Waals surface area contributed by atoms with E-state index in [0.29, 0.717) is 13.2 Å². The average Bonchev–Trinajstić information content (AvgIpc) is 2.71. The van der Waals surface area contributed by atoms with Gasteiger partial charge in [-0.15, -0.1) is 0 Å². The highest BCUT2D eigenvalue weighted by atomic mass is 19.3.